The molecule has 1 aromatic carbocycles. The number of hydrogen-bond donors (Lipinski definition) is 2. The summed E-state index contributed by atoms with van der Waals surface area (Å²) >= 11 is 0. The van der Waals surface area contributed by atoms with Crippen LogP contribution in [0.1, 0.15) is 13.3 Å². The molecule has 4 amide bonds. The number of rotatable bonds is 2. The third kappa shape index (κ3) is 3.78. The number of anilines is 2. The van der Waals surface area contributed by atoms with Gasteiger partial charge in [0.05, 0.1) is 0 Å². The maximum absolute atomic E-state index is 11.6. The highest BCUT2D eigenvalue weighted by atomic mass is 79.9. The summed E-state index contributed by atoms with van der Waals surface area (Å²) in [6.07, 6.45) is 0.274. The minimum Gasteiger partial charge on any atom is -0.326 e. The zero-order chi connectivity index (χ0) is 13.1. The molecule has 1 aliphatic rings. The minimum atomic E-state index is -0.439. The van der Waals surface area contributed by atoms with Gasteiger partial charge in [-0.15, -0.1) is 17.0 Å². The molecule has 0 radical (unpaired) electrons. The van der Waals surface area contributed by atoms with Crippen LogP contribution in [-0.4, -0.2) is 24.4 Å². The van der Waals surface area contributed by atoms with Gasteiger partial charge in [0.2, 0.25) is 11.8 Å². The van der Waals surface area contributed by atoms with E-state index in [1.807, 2.05) is 0 Å². The van der Waals surface area contributed by atoms with Crippen LogP contribution in [0, 0.1) is 0 Å². The lowest BCUT2D eigenvalue weighted by molar-refractivity contribution is -0.120. The van der Waals surface area contributed by atoms with Gasteiger partial charge >= 0.3 is 6.03 Å². The van der Waals surface area contributed by atoms with E-state index < -0.39 is 6.03 Å². The van der Waals surface area contributed by atoms with Crippen molar-refractivity contribution in [2.75, 3.05) is 16.8 Å². The van der Waals surface area contributed by atoms with E-state index in [9.17, 15) is 14.4 Å². The van der Waals surface area contributed by atoms with Crippen molar-refractivity contribution in [3.8, 4) is 0 Å². The molecule has 0 aromatic heterocycles. The Morgan fingerprint density at radius 1 is 1.37 bits per heavy atom. The highest BCUT2D eigenvalue weighted by Gasteiger charge is 2.24. The molecular weight excluding hydrogens is 314 g/mol. The van der Waals surface area contributed by atoms with E-state index in [4.69, 9.17) is 0 Å². The number of halogens is 1. The van der Waals surface area contributed by atoms with Gasteiger partial charge in [0.15, 0.2) is 0 Å². The summed E-state index contributed by atoms with van der Waals surface area (Å²) in [5.74, 6) is -0.445. The molecule has 0 bridgehead atoms. The third-order valence-electron chi connectivity index (χ3n) is 2.53. The molecule has 1 aliphatic heterocycles. The van der Waals surface area contributed by atoms with Crippen molar-refractivity contribution in [1.82, 2.24) is 5.32 Å². The molecule has 1 fully saturated rings. The number of hydrogen-bond acceptors (Lipinski definition) is 3. The van der Waals surface area contributed by atoms with Gasteiger partial charge in [-0.3, -0.25) is 19.8 Å². The summed E-state index contributed by atoms with van der Waals surface area (Å²) in [5, 5.41) is 4.89. The Bertz CT molecular complexity index is 519. The van der Waals surface area contributed by atoms with Crippen molar-refractivity contribution in [3.05, 3.63) is 24.3 Å². The predicted octanol–water partition coefficient (Wildman–Crippen LogP) is 1.67. The van der Waals surface area contributed by atoms with E-state index in [0.717, 1.165) is 0 Å². The predicted molar refractivity (Wildman–Crippen MR) is 76.6 cm³/mol. The first-order valence-electron chi connectivity index (χ1n) is 5.55. The van der Waals surface area contributed by atoms with Crippen LogP contribution in [0.3, 0.4) is 0 Å². The molecule has 0 saturated carbocycles. The van der Waals surface area contributed by atoms with Crippen LogP contribution in [0.2, 0.25) is 0 Å². The first-order chi connectivity index (χ1) is 8.56. The fourth-order valence-electron chi connectivity index (χ4n) is 1.77. The van der Waals surface area contributed by atoms with Crippen LogP contribution >= 0.6 is 17.0 Å². The largest absolute Gasteiger partial charge is 0.328 e. The summed E-state index contributed by atoms with van der Waals surface area (Å²) in [6, 6.07) is 6.48. The number of amides is 4. The second-order valence-electron chi connectivity index (χ2n) is 3.99. The SMILES string of the molecule is Br.CC(=O)Nc1cccc(N2CCC(=O)NC2=O)c1. The Morgan fingerprint density at radius 3 is 2.74 bits per heavy atom. The van der Waals surface area contributed by atoms with E-state index in [0.29, 0.717) is 17.9 Å². The highest BCUT2D eigenvalue weighted by Crippen LogP contribution is 2.21. The Kier molecular flexibility index (Phi) is 5.05. The van der Waals surface area contributed by atoms with Crippen molar-refractivity contribution in [1.29, 1.82) is 0 Å². The number of carbonyl (C=O) groups excluding carboxylic acids is 3. The summed E-state index contributed by atoms with van der Waals surface area (Å²) in [7, 11) is 0. The van der Waals surface area contributed by atoms with Crippen molar-refractivity contribution in [2.45, 2.75) is 13.3 Å². The van der Waals surface area contributed by atoms with Crippen LogP contribution in [-0.2, 0) is 9.59 Å². The lowest BCUT2D eigenvalue weighted by Crippen LogP contribution is -2.49. The Hall–Kier alpha value is -1.89. The molecule has 19 heavy (non-hydrogen) atoms. The van der Waals surface area contributed by atoms with Crippen LogP contribution in [0.25, 0.3) is 0 Å². The van der Waals surface area contributed by atoms with E-state index in [2.05, 4.69) is 10.6 Å². The van der Waals surface area contributed by atoms with Crippen molar-refractivity contribution < 1.29 is 14.4 Å². The van der Waals surface area contributed by atoms with Crippen molar-refractivity contribution in [2.24, 2.45) is 0 Å². The van der Waals surface area contributed by atoms with Gasteiger partial charge in [0, 0.05) is 31.3 Å². The zero-order valence-electron chi connectivity index (χ0n) is 10.3. The summed E-state index contributed by atoms with van der Waals surface area (Å²) < 4.78 is 0. The Labute approximate surface area is 120 Å². The molecule has 102 valence electrons. The molecule has 2 rings (SSSR count). The van der Waals surface area contributed by atoms with E-state index >= 15 is 0 Å². The molecule has 0 spiro atoms. The average Bonchev–Trinajstić information content (AvgIpc) is 2.28. The molecule has 7 heteroatoms. The Balaban J connectivity index is 0.00000180. The van der Waals surface area contributed by atoms with Gasteiger partial charge in [-0.05, 0) is 18.2 Å². The van der Waals surface area contributed by atoms with Crippen LogP contribution < -0.4 is 15.5 Å². The van der Waals surface area contributed by atoms with Gasteiger partial charge in [0.25, 0.3) is 0 Å². The lowest BCUT2D eigenvalue weighted by atomic mass is 10.2. The molecule has 1 aromatic rings. The number of nitrogens with one attached hydrogen (secondary N) is 2. The zero-order valence-corrected chi connectivity index (χ0v) is 12.0. The fraction of sp³-hybridized carbons (Fsp3) is 0.250. The Morgan fingerprint density at radius 2 is 2.11 bits per heavy atom. The molecular formula is C12H14BrN3O3. The second kappa shape index (κ2) is 6.33. The molecule has 6 nitrogen and oxygen atoms in total. The van der Waals surface area contributed by atoms with Crippen LogP contribution in [0.5, 0.6) is 0 Å². The number of urea groups is 1. The smallest absolute Gasteiger partial charge is 0.326 e. The molecule has 1 heterocycles. The standard InChI is InChI=1S/C12H13N3O3.BrH/c1-8(16)13-9-3-2-4-10(7-9)15-6-5-11(17)14-12(15)18;/h2-4,7H,5-6H2,1H3,(H,13,16)(H,14,17,18);1H. The monoisotopic (exact) mass is 327 g/mol. The van der Waals surface area contributed by atoms with E-state index in [1.54, 1.807) is 24.3 Å². The number of benzene rings is 1. The van der Waals surface area contributed by atoms with Crippen molar-refractivity contribution in [3.63, 3.8) is 0 Å². The fourth-order valence-corrected chi connectivity index (χ4v) is 1.77. The van der Waals surface area contributed by atoms with Gasteiger partial charge in [0.1, 0.15) is 0 Å². The van der Waals surface area contributed by atoms with Crippen molar-refractivity contribution >= 4 is 46.2 Å². The van der Waals surface area contributed by atoms with Gasteiger partial charge in [-0.25, -0.2) is 4.79 Å². The lowest BCUT2D eigenvalue weighted by Gasteiger charge is -2.26. The maximum atomic E-state index is 11.6. The first kappa shape index (κ1) is 15.2. The molecule has 2 N–H and O–H groups in total. The minimum absolute atomic E-state index is 0. The molecule has 1 saturated heterocycles. The molecule has 0 aliphatic carbocycles. The first-order valence-corrected chi connectivity index (χ1v) is 5.55. The average molecular weight is 328 g/mol. The molecule has 0 unspecified atom stereocenters. The topological polar surface area (TPSA) is 78.5 Å². The number of nitrogens with zero attached hydrogens (tertiary/aromatic N) is 1. The van der Waals surface area contributed by atoms with E-state index in [-0.39, 0.29) is 35.2 Å². The maximum Gasteiger partial charge on any atom is 0.328 e. The van der Waals surface area contributed by atoms with Crippen LogP contribution in [0.15, 0.2) is 24.3 Å². The van der Waals surface area contributed by atoms with Gasteiger partial charge in [-0.2, -0.15) is 0 Å². The van der Waals surface area contributed by atoms with E-state index in [1.165, 1.54) is 11.8 Å². The number of carbonyl (C=O) groups is 3. The van der Waals surface area contributed by atoms with Gasteiger partial charge in [-0.1, -0.05) is 6.07 Å². The summed E-state index contributed by atoms with van der Waals surface area (Å²) in [4.78, 5) is 35.1. The second-order valence-corrected chi connectivity index (χ2v) is 3.99. The normalized spacial score (nSPS) is 14.5. The van der Waals surface area contributed by atoms with Gasteiger partial charge < -0.3 is 5.32 Å². The quantitative estimate of drug-likeness (QED) is 0.867. The molecule has 0 atom stereocenters. The highest BCUT2D eigenvalue weighted by molar-refractivity contribution is 8.93. The van der Waals surface area contributed by atoms with Crippen LogP contribution in [0.4, 0.5) is 16.2 Å². The number of imide groups is 1. The third-order valence-corrected chi connectivity index (χ3v) is 2.53. The summed E-state index contributed by atoms with van der Waals surface area (Å²) in [5.41, 5.74) is 1.26. The summed E-state index contributed by atoms with van der Waals surface area (Å²) in [6.45, 7) is 1.76.